The van der Waals surface area contributed by atoms with Gasteiger partial charge in [-0.1, -0.05) is 13.0 Å². The summed E-state index contributed by atoms with van der Waals surface area (Å²) in [7, 11) is 0. The van der Waals surface area contributed by atoms with Crippen LogP contribution in [-0.2, 0) is 11.2 Å². The standard InChI is InChI=1S/C13H16FNO2/c1-9(8-16)7-15-12-6-11(14)4-2-10(12)3-5-13(15)17/h2,4,6,9,16H,3,5,7-8H2,1H3. The van der Waals surface area contributed by atoms with Gasteiger partial charge in [0.2, 0.25) is 5.91 Å². The van der Waals surface area contributed by atoms with Gasteiger partial charge in [0.15, 0.2) is 0 Å². The molecule has 2 rings (SSSR count). The number of aliphatic hydroxyl groups excluding tert-OH is 1. The minimum Gasteiger partial charge on any atom is -0.396 e. The van der Waals surface area contributed by atoms with E-state index in [4.69, 9.17) is 5.11 Å². The number of benzene rings is 1. The van der Waals surface area contributed by atoms with Crippen LogP contribution in [-0.4, -0.2) is 24.2 Å². The third kappa shape index (κ3) is 2.47. The summed E-state index contributed by atoms with van der Waals surface area (Å²) in [5.74, 6) is -0.336. The first-order chi connectivity index (χ1) is 8.11. The number of nitrogens with zero attached hydrogens (tertiary/aromatic N) is 1. The maximum atomic E-state index is 13.2. The molecule has 1 aliphatic rings. The molecule has 0 aromatic heterocycles. The predicted octanol–water partition coefficient (Wildman–Crippen LogP) is 1.73. The Labute approximate surface area is 99.9 Å². The fraction of sp³-hybridized carbons (Fsp3) is 0.462. The minimum atomic E-state index is -0.333. The molecular weight excluding hydrogens is 221 g/mol. The molecule has 1 N–H and O–H groups in total. The van der Waals surface area contributed by atoms with E-state index in [0.717, 1.165) is 5.56 Å². The molecule has 1 heterocycles. The molecule has 0 aliphatic carbocycles. The lowest BCUT2D eigenvalue weighted by Crippen LogP contribution is -2.39. The molecule has 0 bridgehead atoms. The Kier molecular flexibility index (Phi) is 3.43. The molecule has 17 heavy (non-hydrogen) atoms. The van der Waals surface area contributed by atoms with Gasteiger partial charge in [0.25, 0.3) is 0 Å². The van der Waals surface area contributed by atoms with Gasteiger partial charge in [-0.3, -0.25) is 4.79 Å². The fourth-order valence-corrected chi connectivity index (χ4v) is 2.08. The topological polar surface area (TPSA) is 40.5 Å². The van der Waals surface area contributed by atoms with Crippen molar-refractivity contribution in [3.05, 3.63) is 29.6 Å². The van der Waals surface area contributed by atoms with Crippen LogP contribution in [0.4, 0.5) is 10.1 Å². The summed E-state index contributed by atoms with van der Waals surface area (Å²) >= 11 is 0. The Morgan fingerprint density at radius 3 is 2.94 bits per heavy atom. The monoisotopic (exact) mass is 237 g/mol. The number of amides is 1. The molecule has 0 saturated heterocycles. The van der Waals surface area contributed by atoms with Crippen LogP contribution >= 0.6 is 0 Å². The number of anilines is 1. The highest BCUT2D eigenvalue weighted by molar-refractivity contribution is 5.96. The van der Waals surface area contributed by atoms with Gasteiger partial charge in [0, 0.05) is 25.3 Å². The summed E-state index contributed by atoms with van der Waals surface area (Å²) in [5, 5.41) is 9.04. The number of fused-ring (bicyclic) bond motifs is 1. The molecule has 0 fully saturated rings. The molecule has 3 nitrogen and oxygen atoms in total. The maximum absolute atomic E-state index is 13.2. The summed E-state index contributed by atoms with van der Waals surface area (Å²) in [6.45, 7) is 2.32. The Bertz CT molecular complexity index is 433. The van der Waals surface area contributed by atoms with Crippen molar-refractivity contribution in [1.82, 2.24) is 0 Å². The molecule has 1 atom stereocenters. The summed E-state index contributed by atoms with van der Waals surface area (Å²) in [6.07, 6.45) is 1.12. The van der Waals surface area contributed by atoms with Gasteiger partial charge in [-0.25, -0.2) is 4.39 Å². The third-order valence-electron chi connectivity index (χ3n) is 3.05. The van der Waals surface area contributed by atoms with E-state index in [9.17, 15) is 9.18 Å². The first-order valence-corrected chi connectivity index (χ1v) is 5.81. The molecule has 0 radical (unpaired) electrons. The highest BCUT2D eigenvalue weighted by atomic mass is 19.1. The summed E-state index contributed by atoms with van der Waals surface area (Å²) in [6, 6.07) is 4.55. The zero-order valence-electron chi connectivity index (χ0n) is 9.82. The lowest BCUT2D eigenvalue weighted by atomic mass is 9.99. The Morgan fingerprint density at radius 2 is 2.24 bits per heavy atom. The molecule has 0 spiro atoms. The lowest BCUT2D eigenvalue weighted by Gasteiger charge is -2.31. The molecule has 1 aliphatic heterocycles. The van der Waals surface area contributed by atoms with Gasteiger partial charge in [0.1, 0.15) is 5.82 Å². The van der Waals surface area contributed by atoms with Crippen molar-refractivity contribution in [2.24, 2.45) is 5.92 Å². The van der Waals surface area contributed by atoms with E-state index in [1.165, 1.54) is 12.1 Å². The number of aliphatic hydroxyl groups is 1. The van der Waals surface area contributed by atoms with Crippen LogP contribution < -0.4 is 4.90 Å². The number of rotatable bonds is 3. The highest BCUT2D eigenvalue weighted by Gasteiger charge is 2.25. The molecule has 1 amide bonds. The van der Waals surface area contributed by atoms with E-state index in [0.29, 0.717) is 25.1 Å². The first kappa shape index (κ1) is 12.0. The number of hydrogen-bond donors (Lipinski definition) is 1. The van der Waals surface area contributed by atoms with Crippen LogP contribution in [0.1, 0.15) is 18.9 Å². The van der Waals surface area contributed by atoms with Crippen LogP contribution in [0.25, 0.3) is 0 Å². The van der Waals surface area contributed by atoms with Crippen molar-refractivity contribution in [3.63, 3.8) is 0 Å². The zero-order valence-corrected chi connectivity index (χ0v) is 9.82. The maximum Gasteiger partial charge on any atom is 0.227 e. The molecule has 4 heteroatoms. The second-order valence-corrected chi connectivity index (χ2v) is 4.57. The summed E-state index contributed by atoms with van der Waals surface area (Å²) < 4.78 is 13.2. The number of carbonyl (C=O) groups excluding carboxylic acids is 1. The van der Waals surface area contributed by atoms with Crippen LogP contribution in [0.5, 0.6) is 0 Å². The molecular formula is C13H16FNO2. The fourth-order valence-electron chi connectivity index (χ4n) is 2.08. The molecule has 92 valence electrons. The number of halogens is 1. The second kappa shape index (κ2) is 4.84. The van der Waals surface area contributed by atoms with Gasteiger partial charge < -0.3 is 10.0 Å². The van der Waals surface area contributed by atoms with E-state index in [1.807, 2.05) is 6.92 Å². The van der Waals surface area contributed by atoms with Crippen molar-refractivity contribution in [1.29, 1.82) is 0 Å². The minimum absolute atomic E-state index is 0.00315. The molecule has 1 aromatic rings. The van der Waals surface area contributed by atoms with Crippen molar-refractivity contribution in [3.8, 4) is 0 Å². The van der Waals surface area contributed by atoms with Crippen molar-refractivity contribution >= 4 is 11.6 Å². The first-order valence-electron chi connectivity index (χ1n) is 5.81. The highest BCUT2D eigenvalue weighted by Crippen LogP contribution is 2.29. The van der Waals surface area contributed by atoms with Crippen molar-refractivity contribution < 1.29 is 14.3 Å². The predicted molar refractivity (Wildman–Crippen MR) is 63.3 cm³/mol. The second-order valence-electron chi connectivity index (χ2n) is 4.57. The largest absolute Gasteiger partial charge is 0.396 e. The van der Waals surface area contributed by atoms with E-state index in [1.54, 1.807) is 11.0 Å². The van der Waals surface area contributed by atoms with Crippen LogP contribution in [0, 0.1) is 11.7 Å². The molecule has 0 saturated carbocycles. The van der Waals surface area contributed by atoms with E-state index < -0.39 is 0 Å². The third-order valence-corrected chi connectivity index (χ3v) is 3.05. The van der Waals surface area contributed by atoms with Gasteiger partial charge in [-0.05, 0) is 30.0 Å². The summed E-state index contributed by atoms with van der Waals surface area (Å²) in [5.41, 5.74) is 1.65. The van der Waals surface area contributed by atoms with Crippen molar-refractivity contribution in [2.45, 2.75) is 19.8 Å². The Hall–Kier alpha value is -1.42. The number of hydrogen-bond acceptors (Lipinski definition) is 2. The van der Waals surface area contributed by atoms with Crippen LogP contribution in [0.3, 0.4) is 0 Å². The average molecular weight is 237 g/mol. The van der Waals surface area contributed by atoms with E-state index >= 15 is 0 Å². The number of carbonyl (C=O) groups is 1. The van der Waals surface area contributed by atoms with Crippen LogP contribution in [0.15, 0.2) is 18.2 Å². The Balaban J connectivity index is 2.32. The van der Waals surface area contributed by atoms with Gasteiger partial charge in [-0.15, -0.1) is 0 Å². The smallest absolute Gasteiger partial charge is 0.227 e. The number of aryl methyl sites for hydroxylation is 1. The Morgan fingerprint density at radius 1 is 1.47 bits per heavy atom. The normalized spacial score (nSPS) is 16.9. The summed E-state index contributed by atoms with van der Waals surface area (Å²) in [4.78, 5) is 13.4. The van der Waals surface area contributed by atoms with Crippen molar-refractivity contribution in [2.75, 3.05) is 18.1 Å². The average Bonchev–Trinajstić information content (AvgIpc) is 2.32. The van der Waals surface area contributed by atoms with Gasteiger partial charge in [0.05, 0.1) is 0 Å². The quantitative estimate of drug-likeness (QED) is 0.869. The zero-order chi connectivity index (χ0) is 12.4. The van der Waals surface area contributed by atoms with E-state index in [-0.39, 0.29) is 24.2 Å². The molecule has 1 unspecified atom stereocenters. The lowest BCUT2D eigenvalue weighted by molar-refractivity contribution is -0.119. The van der Waals surface area contributed by atoms with E-state index in [2.05, 4.69) is 0 Å². The van der Waals surface area contributed by atoms with Crippen LogP contribution in [0.2, 0.25) is 0 Å². The van der Waals surface area contributed by atoms with Gasteiger partial charge in [-0.2, -0.15) is 0 Å². The molecule has 1 aromatic carbocycles. The SMILES string of the molecule is CC(CO)CN1C(=O)CCc2ccc(F)cc21. The van der Waals surface area contributed by atoms with Gasteiger partial charge >= 0.3 is 0 Å².